The zero-order valence-corrected chi connectivity index (χ0v) is 10.5. The molecule has 2 heterocycles. The molecule has 1 saturated heterocycles. The van der Waals surface area contributed by atoms with Gasteiger partial charge in [0.1, 0.15) is 12.0 Å². The van der Waals surface area contributed by atoms with Crippen molar-refractivity contribution in [2.75, 3.05) is 26.7 Å². The molecule has 0 aliphatic carbocycles. The Kier molecular flexibility index (Phi) is 3.84. The molecular formula is C13H20N2O2. The van der Waals surface area contributed by atoms with E-state index < -0.39 is 0 Å². The van der Waals surface area contributed by atoms with E-state index in [1.807, 2.05) is 14.0 Å². The van der Waals surface area contributed by atoms with Gasteiger partial charge in [-0.1, -0.05) is 0 Å². The van der Waals surface area contributed by atoms with Gasteiger partial charge >= 0.3 is 0 Å². The molecule has 0 radical (unpaired) electrons. The number of hydrogen-bond donors (Lipinski definition) is 1. The molecule has 1 aliphatic rings. The zero-order valence-electron chi connectivity index (χ0n) is 10.5. The summed E-state index contributed by atoms with van der Waals surface area (Å²) >= 11 is 0. The van der Waals surface area contributed by atoms with Crippen LogP contribution in [-0.2, 0) is 0 Å². The van der Waals surface area contributed by atoms with E-state index >= 15 is 0 Å². The van der Waals surface area contributed by atoms with Gasteiger partial charge in [-0.2, -0.15) is 0 Å². The average Bonchev–Trinajstić information content (AvgIpc) is 2.76. The van der Waals surface area contributed by atoms with Crippen LogP contribution in [0.25, 0.3) is 0 Å². The van der Waals surface area contributed by atoms with Crippen molar-refractivity contribution in [3.8, 4) is 0 Å². The minimum absolute atomic E-state index is 0.0559. The Morgan fingerprint density at radius 2 is 2.24 bits per heavy atom. The Bertz CT molecular complexity index is 381. The summed E-state index contributed by atoms with van der Waals surface area (Å²) in [6.45, 7) is 4.82. The van der Waals surface area contributed by atoms with Crippen molar-refractivity contribution in [1.29, 1.82) is 0 Å². The Labute approximate surface area is 102 Å². The number of rotatable bonds is 3. The molecule has 1 fully saturated rings. The smallest absolute Gasteiger partial charge is 0.256 e. The summed E-state index contributed by atoms with van der Waals surface area (Å²) in [7, 11) is 1.87. The van der Waals surface area contributed by atoms with Crippen LogP contribution in [0.1, 0.15) is 29.0 Å². The fourth-order valence-electron chi connectivity index (χ4n) is 2.31. The molecule has 0 aromatic carbocycles. The van der Waals surface area contributed by atoms with Gasteiger partial charge in [0.2, 0.25) is 0 Å². The van der Waals surface area contributed by atoms with Crippen molar-refractivity contribution in [1.82, 2.24) is 10.2 Å². The van der Waals surface area contributed by atoms with Crippen molar-refractivity contribution in [3.63, 3.8) is 0 Å². The summed E-state index contributed by atoms with van der Waals surface area (Å²) < 4.78 is 5.17. The maximum absolute atomic E-state index is 12.1. The van der Waals surface area contributed by atoms with Gasteiger partial charge in [-0.05, 0) is 44.8 Å². The lowest BCUT2D eigenvalue weighted by Crippen LogP contribution is -2.37. The number of hydrogen-bond acceptors (Lipinski definition) is 3. The standard InChI is InChI=1S/C13H20N2O2/c1-10-7-12(9-17-10)13(16)15(2)8-11-3-5-14-6-4-11/h7,9,11,14H,3-6,8H2,1-2H3. The van der Waals surface area contributed by atoms with Crippen LogP contribution in [0.4, 0.5) is 0 Å². The second-order valence-electron chi connectivity index (χ2n) is 4.83. The molecule has 1 aromatic rings. The number of amides is 1. The predicted octanol–water partition coefficient (Wildman–Crippen LogP) is 1.66. The van der Waals surface area contributed by atoms with Gasteiger partial charge in [-0.15, -0.1) is 0 Å². The molecule has 1 N–H and O–H groups in total. The average molecular weight is 236 g/mol. The van der Waals surface area contributed by atoms with Gasteiger partial charge in [0.25, 0.3) is 5.91 Å². The van der Waals surface area contributed by atoms with Crippen LogP contribution in [0.3, 0.4) is 0 Å². The molecule has 0 unspecified atom stereocenters. The highest BCUT2D eigenvalue weighted by Gasteiger charge is 2.19. The Hall–Kier alpha value is -1.29. The minimum Gasteiger partial charge on any atom is -0.469 e. The van der Waals surface area contributed by atoms with Crippen LogP contribution in [-0.4, -0.2) is 37.5 Å². The van der Waals surface area contributed by atoms with E-state index in [1.54, 1.807) is 11.0 Å². The Balaban J connectivity index is 1.90. The molecule has 0 atom stereocenters. The molecule has 4 heteroatoms. The fourth-order valence-corrected chi connectivity index (χ4v) is 2.31. The van der Waals surface area contributed by atoms with Gasteiger partial charge in [0.05, 0.1) is 5.56 Å². The SMILES string of the molecule is Cc1cc(C(=O)N(C)CC2CCNCC2)co1. The van der Waals surface area contributed by atoms with Gasteiger partial charge in [0, 0.05) is 13.6 Å². The number of carbonyl (C=O) groups is 1. The van der Waals surface area contributed by atoms with E-state index in [9.17, 15) is 4.79 Å². The first-order valence-corrected chi connectivity index (χ1v) is 6.18. The van der Waals surface area contributed by atoms with E-state index in [-0.39, 0.29) is 5.91 Å². The maximum Gasteiger partial charge on any atom is 0.256 e. The van der Waals surface area contributed by atoms with E-state index in [0.29, 0.717) is 11.5 Å². The molecule has 0 bridgehead atoms. The number of carbonyl (C=O) groups excluding carboxylic acids is 1. The third-order valence-electron chi connectivity index (χ3n) is 3.31. The first kappa shape index (κ1) is 12.2. The lowest BCUT2D eigenvalue weighted by Gasteiger charge is -2.27. The van der Waals surface area contributed by atoms with E-state index in [1.165, 1.54) is 6.26 Å². The Morgan fingerprint density at radius 1 is 1.53 bits per heavy atom. The number of nitrogens with one attached hydrogen (secondary N) is 1. The predicted molar refractivity (Wildman–Crippen MR) is 66.0 cm³/mol. The summed E-state index contributed by atoms with van der Waals surface area (Å²) in [5.74, 6) is 1.46. The molecule has 2 rings (SSSR count). The number of nitrogens with zero attached hydrogens (tertiary/aromatic N) is 1. The van der Waals surface area contributed by atoms with Crippen LogP contribution in [0.15, 0.2) is 16.7 Å². The molecule has 17 heavy (non-hydrogen) atoms. The largest absolute Gasteiger partial charge is 0.469 e. The van der Waals surface area contributed by atoms with Gasteiger partial charge < -0.3 is 14.6 Å². The van der Waals surface area contributed by atoms with Crippen molar-refractivity contribution < 1.29 is 9.21 Å². The number of piperidine rings is 1. The van der Waals surface area contributed by atoms with Crippen LogP contribution in [0, 0.1) is 12.8 Å². The molecule has 1 aliphatic heterocycles. The first-order chi connectivity index (χ1) is 8.16. The third-order valence-corrected chi connectivity index (χ3v) is 3.31. The molecule has 1 amide bonds. The van der Waals surface area contributed by atoms with E-state index in [2.05, 4.69) is 5.32 Å². The molecule has 1 aromatic heterocycles. The van der Waals surface area contributed by atoms with Gasteiger partial charge in [-0.25, -0.2) is 0 Å². The highest BCUT2D eigenvalue weighted by Crippen LogP contribution is 2.15. The van der Waals surface area contributed by atoms with Crippen LogP contribution in [0.2, 0.25) is 0 Å². The van der Waals surface area contributed by atoms with Crippen molar-refractivity contribution in [2.24, 2.45) is 5.92 Å². The van der Waals surface area contributed by atoms with E-state index in [0.717, 1.165) is 38.2 Å². The lowest BCUT2D eigenvalue weighted by molar-refractivity contribution is 0.0762. The minimum atomic E-state index is 0.0559. The number of furan rings is 1. The topological polar surface area (TPSA) is 45.5 Å². The molecule has 0 saturated carbocycles. The second-order valence-corrected chi connectivity index (χ2v) is 4.83. The zero-order chi connectivity index (χ0) is 12.3. The third kappa shape index (κ3) is 3.09. The van der Waals surface area contributed by atoms with Crippen molar-refractivity contribution >= 4 is 5.91 Å². The highest BCUT2D eigenvalue weighted by atomic mass is 16.3. The lowest BCUT2D eigenvalue weighted by atomic mass is 9.97. The van der Waals surface area contributed by atoms with E-state index in [4.69, 9.17) is 4.42 Å². The van der Waals surface area contributed by atoms with Crippen LogP contribution < -0.4 is 5.32 Å². The molecule has 4 nitrogen and oxygen atoms in total. The van der Waals surface area contributed by atoms with Crippen LogP contribution in [0.5, 0.6) is 0 Å². The maximum atomic E-state index is 12.1. The second kappa shape index (κ2) is 5.36. The molecule has 94 valence electrons. The highest BCUT2D eigenvalue weighted by molar-refractivity contribution is 5.93. The monoisotopic (exact) mass is 236 g/mol. The van der Waals surface area contributed by atoms with Crippen molar-refractivity contribution in [3.05, 3.63) is 23.7 Å². The van der Waals surface area contributed by atoms with Gasteiger partial charge in [-0.3, -0.25) is 4.79 Å². The van der Waals surface area contributed by atoms with Crippen molar-refractivity contribution in [2.45, 2.75) is 19.8 Å². The number of aryl methyl sites for hydroxylation is 1. The van der Waals surface area contributed by atoms with Crippen LogP contribution >= 0.6 is 0 Å². The normalized spacial score (nSPS) is 17.1. The quantitative estimate of drug-likeness (QED) is 0.868. The summed E-state index contributed by atoms with van der Waals surface area (Å²) in [6, 6.07) is 1.79. The van der Waals surface area contributed by atoms with Gasteiger partial charge in [0.15, 0.2) is 0 Å². The fraction of sp³-hybridized carbons (Fsp3) is 0.615. The first-order valence-electron chi connectivity index (χ1n) is 6.18. The summed E-state index contributed by atoms with van der Waals surface area (Å²) in [5.41, 5.74) is 0.652. The Morgan fingerprint density at radius 3 is 2.82 bits per heavy atom. The summed E-state index contributed by atoms with van der Waals surface area (Å²) in [5, 5.41) is 3.33. The summed E-state index contributed by atoms with van der Waals surface area (Å²) in [4.78, 5) is 13.9. The molecule has 0 spiro atoms. The summed E-state index contributed by atoms with van der Waals surface area (Å²) in [6.07, 6.45) is 3.85. The molecular weight excluding hydrogens is 216 g/mol.